The summed E-state index contributed by atoms with van der Waals surface area (Å²) in [6.45, 7) is 5.70. The minimum Gasteiger partial charge on any atom is -0.448 e. The molecule has 0 spiro atoms. The molecule has 0 N–H and O–H groups in total. The summed E-state index contributed by atoms with van der Waals surface area (Å²) in [6, 6.07) is 9.35. The van der Waals surface area contributed by atoms with Crippen molar-refractivity contribution in [3.63, 3.8) is 0 Å². The van der Waals surface area contributed by atoms with Crippen LogP contribution in [-0.2, 0) is 19.4 Å². The highest BCUT2D eigenvalue weighted by molar-refractivity contribution is 7.91. The number of amides is 1. The molecule has 2 aromatic rings. The van der Waals surface area contributed by atoms with Crippen molar-refractivity contribution < 1.29 is 22.7 Å². The predicted octanol–water partition coefficient (Wildman–Crippen LogP) is 3.30. The quantitative estimate of drug-likeness (QED) is 0.651. The highest BCUT2D eigenvalue weighted by atomic mass is 32.2. The van der Waals surface area contributed by atoms with Crippen molar-refractivity contribution in [2.75, 3.05) is 18.1 Å². The van der Waals surface area contributed by atoms with Crippen molar-refractivity contribution >= 4 is 33.1 Å². The van der Waals surface area contributed by atoms with E-state index in [1.165, 1.54) is 23.2 Å². The molecule has 2 atom stereocenters. The topological polar surface area (TPSA) is 80.8 Å². The summed E-state index contributed by atoms with van der Waals surface area (Å²) in [5.74, 6) is -0.858. The average Bonchev–Trinajstić information content (AvgIpc) is 3.29. The van der Waals surface area contributed by atoms with Crippen LogP contribution in [0.25, 0.3) is 11.1 Å². The highest BCUT2D eigenvalue weighted by Crippen LogP contribution is 2.29. The van der Waals surface area contributed by atoms with E-state index in [2.05, 4.69) is 0 Å². The van der Waals surface area contributed by atoms with E-state index >= 15 is 0 Å². The fourth-order valence-corrected chi connectivity index (χ4v) is 6.07. The Kier molecular flexibility index (Phi) is 6.43. The zero-order valence-corrected chi connectivity index (χ0v) is 18.4. The maximum atomic E-state index is 12.8. The fourth-order valence-electron chi connectivity index (χ4n) is 3.54. The lowest BCUT2D eigenvalue weighted by atomic mass is 10.1. The molecule has 1 saturated heterocycles. The number of carbonyl (C=O) groups excluding carboxylic acids is 2. The van der Waals surface area contributed by atoms with Crippen LogP contribution in [0.4, 0.5) is 0 Å². The molecule has 1 aromatic heterocycles. The first kappa shape index (κ1) is 21.5. The Hall–Kier alpha value is -2.19. The molecule has 1 fully saturated rings. The summed E-state index contributed by atoms with van der Waals surface area (Å²) in [6.07, 6.45) is -0.566. The van der Waals surface area contributed by atoms with Gasteiger partial charge in [-0.2, -0.15) is 0 Å². The highest BCUT2D eigenvalue weighted by Gasteiger charge is 2.36. The Morgan fingerprint density at radius 1 is 1.24 bits per heavy atom. The molecule has 3 rings (SSSR count). The summed E-state index contributed by atoms with van der Waals surface area (Å²) in [5, 5.41) is 1.82. The number of benzene rings is 1. The van der Waals surface area contributed by atoms with Crippen LogP contribution in [0.15, 0.2) is 35.7 Å². The molecular formula is C21H25NO5S2. The maximum Gasteiger partial charge on any atom is 0.349 e. The number of sulfone groups is 1. The third kappa shape index (κ3) is 4.87. The molecule has 1 aliphatic rings. The Morgan fingerprint density at radius 3 is 2.52 bits per heavy atom. The van der Waals surface area contributed by atoms with Crippen LogP contribution in [-0.4, -0.2) is 55.4 Å². The lowest BCUT2D eigenvalue weighted by molar-refractivity contribution is -0.141. The number of hydrogen-bond donors (Lipinski definition) is 0. The molecule has 0 aliphatic carbocycles. The largest absolute Gasteiger partial charge is 0.448 e. The lowest BCUT2D eigenvalue weighted by Gasteiger charge is -2.29. The standard InChI is InChI=1S/C21H25NO5S2/c1-4-22(17-10-12-29(25,26)13-17)20(23)15(3)27-21(24)19-18(9-11-28-19)16-7-5-14(2)6-8-16/h5-9,11,15,17H,4,10,12-13H2,1-3H3. The van der Waals surface area contributed by atoms with Gasteiger partial charge in [0.25, 0.3) is 5.91 Å². The summed E-state index contributed by atoms with van der Waals surface area (Å²) >= 11 is 1.27. The molecule has 156 valence electrons. The number of aryl methyl sites for hydroxylation is 1. The SMILES string of the molecule is CCN(C(=O)C(C)OC(=O)c1sccc1-c1ccc(C)cc1)C1CCS(=O)(=O)C1. The van der Waals surface area contributed by atoms with E-state index in [0.29, 0.717) is 17.8 Å². The minimum absolute atomic E-state index is 0.0320. The zero-order valence-electron chi connectivity index (χ0n) is 16.8. The maximum absolute atomic E-state index is 12.8. The van der Waals surface area contributed by atoms with Crippen LogP contribution < -0.4 is 0 Å². The molecule has 1 aliphatic heterocycles. The number of nitrogens with zero attached hydrogens (tertiary/aromatic N) is 1. The third-order valence-electron chi connectivity index (χ3n) is 5.12. The first-order valence-corrected chi connectivity index (χ1v) is 12.3. The van der Waals surface area contributed by atoms with Crippen LogP contribution in [0, 0.1) is 6.92 Å². The Bertz CT molecular complexity index is 994. The molecule has 0 bridgehead atoms. The van der Waals surface area contributed by atoms with Gasteiger partial charge in [-0.1, -0.05) is 29.8 Å². The van der Waals surface area contributed by atoms with E-state index in [1.54, 1.807) is 6.92 Å². The first-order chi connectivity index (χ1) is 13.7. The summed E-state index contributed by atoms with van der Waals surface area (Å²) in [5.41, 5.74) is 2.81. The normalized spacial score (nSPS) is 18.9. The Balaban J connectivity index is 1.71. The van der Waals surface area contributed by atoms with E-state index < -0.39 is 21.9 Å². The summed E-state index contributed by atoms with van der Waals surface area (Å²) in [4.78, 5) is 27.5. The van der Waals surface area contributed by atoms with Gasteiger partial charge in [0.2, 0.25) is 0 Å². The van der Waals surface area contributed by atoms with Gasteiger partial charge in [-0.15, -0.1) is 11.3 Å². The first-order valence-electron chi connectivity index (χ1n) is 9.58. The molecule has 0 saturated carbocycles. The second kappa shape index (κ2) is 8.67. The molecule has 2 heterocycles. The van der Waals surface area contributed by atoms with Crippen molar-refractivity contribution in [2.24, 2.45) is 0 Å². The monoisotopic (exact) mass is 435 g/mol. The van der Waals surface area contributed by atoms with Gasteiger partial charge in [-0.3, -0.25) is 4.79 Å². The van der Waals surface area contributed by atoms with Crippen LogP contribution in [0.5, 0.6) is 0 Å². The van der Waals surface area contributed by atoms with E-state index in [0.717, 1.165) is 16.7 Å². The number of likely N-dealkylation sites (N-methyl/N-ethyl adjacent to an activating group) is 1. The van der Waals surface area contributed by atoms with Crippen molar-refractivity contribution in [1.82, 2.24) is 4.90 Å². The third-order valence-corrected chi connectivity index (χ3v) is 7.76. The molecule has 8 heteroatoms. The molecule has 1 amide bonds. The summed E-state index contributed by atoms with van der Waals surface area (Å²) in [7, 11) is -3.11. The second-order valence-corrected chi connectivity index (χ2v) is 10.4. The molecular weight excluding hydrogens is 410 g/mol. The van der Waals surface area contributed by atoms with Crippen LogP contribution in [0.3, 0.4) is 0 Å². The molecule has 0 radical (unpaired) electrons. The van der Waals surface area contributed by atoms with Gasteiger partial charge < -0.3 is 9.64 Å². The van der Waals surface area contributed by atoms with Gasteiger partial charge in [-0.05, 0) is 44.2 Å². The van der Waals surface area contributed by atoms with Gasteiger partial charge in [0.05, 0.1) is 11.5 Å². The van der Waals surface area contributed by atoms with Gasteiger partial charge >= 0.3 is 5.97 Å². The fraction of sp³-hybridized carbons (Fsp3) is 0.429. The summed E-state index contributed by atoms with van der Waals surface area (Å²) < 4.78 is 29.0. The van der Waals surface area contributed by atoms with Crippen LogP contribution in [0.1, 0.15) is 35.5 Å². The van der Waals surface area contributed by atoms with Gasteiger partial charge in [-0.25, -0.2) is 13.2 Å². The van der Waals surface area contributed by atoms with Crippen LogP contribution in [0.2, 0.25) is 0 Å². The molecule has 29 heavy (non-hydrogen) atoms. The van der Waals surface area contributed by atoms with Gasteiger partial charge in [0.15, 0.2) is 15.9 Å². The number of carbonyl (C=O) groups is 2. The van der Waals surface area contributed by atoms with Crippen molar-refractivity contribution in [2.45, 2.75) is 39.3 Å². The van der Waals surface area contributed by atoms with Crippen LogP contribution >= 0.6 is 11.3 Å². The number of thiophene rings is 1. The van der Waals surface area contributed by atoms with Crippen molar-refractivity contribution in [3.05, 3.63) is 46.2 Å². The smallest absolute Gasteiger partial charge is 0.349 e. The van der Waals surface area contributed by atoms with E-state index in [-0.39, 0.29) is 23.5 Å². The van der Waals surface area contributed by atoms with Crippen molar-refractivity contribution in [3.8, 4) is 11.1 Å². The number of rotatable bonds is 6. The van der Waals surface area contributed by atoms with E-state index in [1.807, 2.05) is 42.6 Å². The molecule has 1 aromatic carbocycles. The molecule has 2 unspecified atom stereocenters. The van der Waals surface area contributed by atoms with Gasteiger partial charge in [0, 0.05) is 18.2 Å². The van der Waals surface area contributed by atoms with E-state index in [4.69, 9.17) is 4.74 Å². The van der Waals surface area contributed by atoms with Gasteiger partial charge in [0.1, 0.15) is 4.88 Å². The average molecular weight is 436 g/mol. The Morgan fingerprint density at radius 2 is 1.93 bits per heavy atom. The number of ether oxygens (including phenoxy) is 1. The van der Waals surface area contributed by atoms with Crippen molar-refractivity contribution in [1.29, 1.82) is 0 Å². The van der Waals surface area contributed by atoms with E-state index in [9.17, 15) is 18.0 Å². The minimum atomic E-state index is -3.11. The zero-order chi connectivity index (χ0) is 21.2. The lowest BCUT2D eigenvalue weighted by Crippen LogP contribution is -2.46. The Labute approximate surface area is 175 Å². The number of esters is 1. The second-order valence-electron chi connectivity index (χ2n) is 7.26. The predicted molar refractivity (Wildman–Crippen MR) is 114 cm³/mol. The molecule has 6 nitrogen and oxygen atoms in total. The number of hydrogen-bond acceptors (Lipinski definition) is 6.